The molecule has 2 aliphatic rings. The lowest BCUT2D eigenvalue weighted by Crippen LogP contribution is -2.34. The summed E-state index contributed by atoms with van der Waals surface area (Å²) in [5, 5.41) is 17.4. The van der Waals surface area contributed by atoms with Gasteiger partial charge < -0.3 is 14.6 Å². The van der Waals surface area contributed by atoms with Crippen LogP contribution in [0.2, 0.25) is 0 Å². The van der Waals surface area contributed by atoms with Crippen LogP contribution in [0.15, 0.2) is 24.3 Å². The Morgan fingerprint density at radius 2 is 2.04 bits per heavy atom. The van der Waals surface area contributed by atoms with Gasteiger partial charge >= 0.3 is 0 Å². The quantitative estimate of drug-likeness (QED) is 0.711. The number of imidazole rings is 1. The van der Waals surface area contributed by atoms with Gasteiger partial charge in [0.2, 0.25) is 5.91 Å². The lowest BCUT2D eigenvalue weighted by Gasteiger charge is -2.21. The van der Waals surface area contributed by atoms with Gasteiger partial charge in [0.15, 0.2) is 0 Å². The van der Waals surface area contributed by atoms with Crippen LogP contribution in [0.25, 0.3) is 11.0 Å². The SMILES string of the molecule is O=C(CCn1c(CO)nc2ccccc21)N1CCc2[nH]nc(C3CC3)c2CC1. The van der Waals surface area contributed by atoms with Gasteiger partial charge in [-0.15, -0.1) is 0 Å². The number of carbonyl (C=O) groups is 1. The number of aromatic amines is 1. The van der Waals surface area contributed by atoms with Gasteiger partial charge in [-0.3, -0.25) is 9.89 Å². The van der Waals surface area contributed by atoms with Crippen LogP contribution in [0.4, 0.5) is 0 Å². The van der Waals surface area contributed by atoms with Crippen molar-refractivity contribution in [3.63, 3.8) is 0 Å². The molecule has 1 aliphatic heterocycles. The summed E-state index contributed by atoms with van der Waals surface area (Å²) in [7, 11) is 0. The highest BCUT2D eigenvalue weighted by Gasteiger charge is 2.31. The van der Waals surface area contributed by atoms with E-state index in [1.807, 2.05) is 33.7 Å². The van der Waals surface area contributed by atoms with Crippen molar-refractivity contribution in [2.24, 2.45) is 0 Å². The van der Waals surface area contributed by atoms with E-state index in [1.54, 1.807) is 0 Å². The van der Waals surface area contributed by atoms with E-state index < -0.39 is 0 Å². The number of rotatable bonds is 5. The molecule has 2 N–H and O–H groups in total. The fraction of sp³-hybridized carbons (Fsp3) is 0.476. The van der Waals surface area contributed by atoms with Gasteiger partial charge in [0.05, 0.1) is 16.7 Å². The minimum atomic E-state index is -0.127. The Morgan fingerprint density at radius 1 is 1.21 bits per heavy atom. The Hall–Kier alpha value is -2.67. The maximum Gasteiger partial charge on any atom is 0.224 e. The number of H-pyrrole nitrogens is 1. The molecule has 5 rings (SSSR count). The molecule has 146 valence electrons. The Kier molecular flexibility index (Phi) is 4.39. The molecule has 7 nitrogen and oxygen atoms in total. The number of hydrogen-bond acceptors (Lipinski definition) is 4. The van der Waals surface area contributed by atoms with Crippen molar-refractivity contribution in [2.45, 2.75) is 51.2 Å². The third-order valence-corrected chi connectivity index (χ3v) is 5.99. The smallest absolute Gasteiger partial charge is 0.224 e. The summed E-state index contributed by atoms with van der Waals surface area (Å²) in [6.07, 6.45) is 4.63. The molecule has 1 saturated carbocycles. The first-order valence-electron chi connectivity index (χ1n) is 10.1. The maximum absolute atomic E-state index is 12.9. The van der Waals surface area contributed by atoms with Crippen LogP contribution in [-0.2, 0) is 30.8 Å². The van der Waals surface area contributed by atoms with Crippen molar-refractivity contribution in [2.75, 3.05) is 13.1 Å². The number of nitrogens with zero attached hydrogens (tertiary/aromatic N) is 4. The average Bonchev–Trinajstić information content (AvgIpc) is 3.44. The monoisotopic (exact) mass is 379 g/mol. The Labute approximate surface area is 163 Å². The second-order valence-electron chi connectivity index (χ2n) is 7.80. The fourth-order valence-electron chi connectivity index (χ4n) is 4.31. The second-order valence-corrected chi connectivity index (χ2v) is 7.80. The normalized spacial score (nSPS) is 17.0. The molecule has 0 saturated heterocycles. The number of para-hydroxylation sites is 2. The molecule has 3 heterocycles. The van der Waals surface area contributed by atoms with E-state index in [1.165, 1.54) is 29.8 Å². The molecular formula is C21H25N5O2. The Balaban J connectivity index is 1.27. The molecule has 1 fully saturated rings. The van der Waals surface area contributed by atoms with Crippen molar-refractivity contribution in [1.29, 1.82) is 0 Å². The Morgan fingerprint density at radius 3 is 2.86 bits per heavy atom. The number of carbonyl (C=O) groups excluding carboxylic acids is 1. The summed E-state index contributed by atoms with van der Waals surface area (Å²) in [4.78, 5) is 19.3. The van der Waals surface area contributed by atoms with Crippen LogP contribution in [0.5, 0.6) is 0 Å². The summed E-state index contributed by atoms with van der Waals surface area (Å²) in [5.74, 6) is 1.40. The number of benzene rings is 1. The highest BCUT2D eigenvalue weighted by atomic mass is 16.3. The van der Waals surface area contributed by atoms with Crippen LogP contribution in [0.1, 0.15) is 48.0 Å². The maximum atomic E-state index is 12.9. The van der Waals surface area contributed by atoms with Gasteiger partial charge in [-0.2, -0.15) is 5.10 Å². The van der Waals surface area contributed by atoms with E-state index in [4.69, 9.17) is 0 Å². The number of nitrogens with one attached hydrogen (secondary N) is 1. The van der Waals surface area contributed by atoms with Gasteiger partial charge in [0.1, 0.15) is 12.4 Å². The molecular weight excluding hydrogens is 354 g/mol. The van der Waals surface area contributed by atoms with Crippen LogP contribution < -0.4 is 0 Å². The van der Waals surface area contributed by atoms with E-state index in [0.29, 0.717) is 24.7 Å². The molecule has 1 aromatic carbocycles. The molecule has 1 amide bonds. The topological polar surface area (TPSA) is 87.0 Å². The number of aromatic nitrogens is 4. The molecule has 0 bridgehead atoms. The van der Waals surface area contributed by atoms with Crippen LogP contribution in [0, 0.1) is 0 Å². The molecule has 28 heavy (non-hydrogen) atoms. The van der Waals surface area contributed by atoms with E-state index in [2.05, 4.69) is 15.2 Å². The highest BCUT2D eigenvalue weighted by molar-refractivity contribution is 5.78. The molecule has 7 heteroatoms. The zero-order valence-electron chi connectivity index (χ0n) is 15.9. The van der Waals surface area contributed by atoms with Crippen LogP contribution in [0.3, 0.4) is 0 Å². The first-order valence-corrected chi connectivity index (χ1v) is 10.1. The number of amides is 1. The lowest BCUT2D eigenvalue weighted by molar-refractivity contribution is -0.131. The third kappa shape index (κ3) is 3.09. The lowest BCUT2D eigenvalue weighted by atomic mass is 10.1. The van der Waals surface area contributed by atoms with Crippen LogP contribution >= 0.6 is 0 Å². The van der Waals surface area contributed by atoms with Crippen molar-refractivity contribution >= 4 is 16.9 Å². The molecule has 0 spiro atoms. The minimum Gasteiger partial charge on any atom is -0.388 e. The van der Waals surface area contributed by atoms with Gasteiger partial charge in [-0.05, 0) is 37.0 Å². The standard InChI is InChI=1S/C21H25N5O2/c27-13-19-22-17-3-1-2-4-18(17)26(19)12-9-20(28)25-10-7-15-16(8-11-25)23-24-21(15)14-5-6-14/h1-4,14,27H,5-13H2,(H,23,24). The predicted octanol–water partition coefficient (Wildman–Crippen LogP) is 2.15. The van der Waals surface area contributed by atoms with Gasteiger partial charge in [-0.1, -0.05) is 12.1 Å². The minimum absolute atomic E-state index is 0.127. The number of hydrogen-bond donors (Lipinski definition) is 2. The summed E-state index contributed by atoms with van der Waals surface area (Å²) in [6.45, 7) is 1.89. The number of aliphatic hydroxyl groups excluding tert-OH is 1. The summed E-state index contributed by atoms with van der Waals surface area (Å²) >= 11 is 0. The molecule has 1 aliphatic carbocycles. The van der Waals surface area contributed by atoms with E-state index in [9.17, 15) is 9.90 Å². The first-order chi connectivity index (χ1) is 13.7. The van der Waals surface area contributed by atoms with Crippen molar-refractivity contribution in [3.05, 3.63) is 47.0 Å². The Bertz CT molecular complexity index is 1020. The first kappa shape index (κ1) is 17.4. The van der Waals surface area contributed by atoms with E-state index in [0.717, 1.165) is 37.0 Å². The summed E-state index contributed by atoms with van der Waals surface area (Å²) in [6, 6.07) is 7.80. The molecule has 2 aromatic heterocycles. The largest absolute Gasteiger partial charge is 0.388 e. The summed E-state index contributed by atoms with van der Waals surface area (Å²) in [5.41, 5.74) is 5.61. The fourth-order valence-corrected chi connectivity index (χ4v) is 4.31. The van der Waals surface area contributed by atoms with Gasteiger partial charge in [0, 0.05) is 44.1 Å². The van der Waals surface area contributed by atoms with E-state index in [-0.39, 0.29) is 12.5 Å². The average molecular weight is 379 g/mol. The van der Waals surface area contributed by atoms with Crippen molar-refractivity contribution in [3.8, 4) is 0 Å². The molecule has 0 unspecified atom stereocenters. The van der Waals surface area contributed by atoms with Crippen molar-refractivity contribution < 1.29 is 9.90 Å². The summed E-state index contributed by atoms with van der Waals surface area (Å²) < 4.78 is 1.96. The number of aryl methyl sites for hydroxylation is 1. The molecule has 3 aromatic rings. The zero-order valence-corrected chi connectivity index (χ0v) is 15.9. The van der Waals surface area contributed by atoms with Gasteiger partial charge in [0.25, 0.3) is 0 Å². The number of aliphatic hydroxyl groups is 1. The van der Waals surface area contributed by atoms with Crippen molar-refractivity contribution in [1.82, 2.24) is 24.6 Å². The third-order valence-electron chi connectivity index (χ3n) is 5.99. The zero-order chi connectivity index (χ0) is 19.1. The number of fused-ring (bicyclic) bond motifs is 2. The van der Waals surface area contributed by atoms with Gasteiger partial charge in [-0.25, -0.2) is 4.98 Å². The second kappa shape index (κ2) is 7.05. The molecule has 0 radical (unpaired) electrons. The highest BCUT2D eigenvalue weighted by Crippen LogP contribution is 2.41. The molecule has 0 atom stereocenters. The van der Waals surface area contributed by atoms with E-state index >= 15 is 0 Å². The predicted molar refractivity (Wildman–Crippen MR) is 105 cm³/mol. The van der Waals surface area contributed by atoms with Crippen LogP contribution in [-0.4, -0.2) is 48.8 Å².